The molecule has 152 valence electrons. The van der Waals surface area contributed by atoms with Gasteiger partial charge in [-0.15, -0.1) is 0 Å². The van der Waals surface area contributed by atoms with Crippen LogP contribution >= 0.6 is 0 Å². The summed E-state index contributed by atoms with van der Waals surface area (Å²) in [7, 11) is 0. The predicted octanol–water partition coefficient (Wildman–Crippen LogP) is 3.20. The Kier molecular flexibility index (Phi) is 8.23. The second-order valence-corrected chi connectivity index (χ2v) is 6.79. The van der Waals surface area contributed by atoms with Crippen molar-refractivity contribution in [2.75, 3.05) is 25.3 Å². The van der Waals surface area contributed by atoms with Gasteiger partial charge in [-0.25, -0.2) is 4.79 Å². The molecular formula is C20H27N3O5. The van der Waals surface area contributed by atoms with Crippen LogP contribution in [0, 0.1) is 16.7 Å². The maximum atomic E-state index is 12.7. The fourth-order valence-corrected chi connectivity index (χ4v) is 2.83. The Morgan fingerprint density at radius 1 is 1.32 bits per heavy atom. The van der Waals surface area contributed by atoms with Gasteiger partial charge in [0.05, 0.1) is 24.7 Å². The smallest absolute Gasteiger partial charge is 0.410 e. The zero-order chi connectivity index (χ0) is 20.4. The average molecular weight is 389 g/mol. The lowest BCUT2D eigenvalue weighted by Gasteiger charge is -2.34. The number of nitrogens with zero attached hydrogens (tertiary/aromatic N) is 1. The van der Waals surface area contributed by atoms with Gasteiger partial charge in [-0.1, -0.05) is 32.8 Å². The lowest BCUT2D eigenvalue weighted by Crippen LogP contribution is -2.46. The molecule has 1 fully saturated rings. The van der Waals surface area contributed by atoms with Crippen molar-refractivity contribution >= 4 is 17.7 Å². The van der Waals surface area contributed by atoms with Crippen molar-refractivity contribution in [1.29, 1.82) is 5.26 Å². The highest BCUT2D eigenvalue weighted by atomic mass is 16.7. The monoisotopic (exact) mass is 389 g/mol. The van der Waals surface area contributed by atoms with Gasteiger partial charge >= 0.3 is 6.09 Å². The van der Waals surface area contributed by atoms with Crippen molar-refractivity contribution < 1.29 is 23.8 Å². The molecule has 28 heavy (non-hydrogen) atoms. The van der Waals surface area contributed by atoms with Crippen LogP contribution in [0.4, 0.5) is 10.5 Å². The van der Waals surface area contributed by atoms with Gasteiger partial charge in [-0.2, -0.15) is 5.26 Å². The quantitative estimate of drug-likeness (QED) is 0.706. The fraction of sp³-hybridized carbons (Fsp3) is 0.550. The van der Waals surface area contributed by atoms with Crippen LogP contribution in [-0.2, 0) is 14.3 Å². The molecule has 1 atom stereocenters. The molecule has 2 N–H and O–H groups in total. The minimum absolute atomic E-state index is 0.190. The maximum absolute atomic E-state index is 12.7. The largest absolute Gasteiger partial charge is 0.413 e. The minimum Gasteiger partial charge on any atom is -0.410 e. The van der Waals surface area contributed by atoms with Crippen LogP contribution < -0.4 is 15.4 Å². The van der Waals surface area contributed by atoms with Crippen molar-refractivity contribution in [2.45, 2.75) is 45.6 Å². The van der Waals surface area contributed by atoms with Crippen LogP contribution in [0.2, 0.25) is 0 Å². The second kappa shape index (κ2) is 10.6. The summed E-state index contributed by atoms with van der Waals surface area (Å²) in [6.45, 7) is 4.70. The molecule has 0 aromatic heterocycles. The van der Waals surface area contributed by atoms with Crippen molar-refractivity contribution in [2.24, 2.45) is 5.41 Å². The number of nitriles is 1. The number of benzene rings is 1. The summed E-state index contributed by atoms with van der Waals surface area (Å²) in [5, 5.41) is 14.5. The topological polar surface area (TPSA) is 110 Å². The van der Waals surface area contributed by atoms with Crippen LogP contribution in [0.25, 0.3) is 0 Å². The number of nitrogens with one attached hydrogen (secondary N) is 2. The van der Waals surface area contributed by atoms with Crippen LogP contribution in [0.3, 0.4) is 0 Å². The van der Waals surface area contributed by atoms with E-state index in [9.17, 15) is 9.59 Å². The van der Waals surface area contributed by atoms with Gasteiger partial charge in [-0.3, -0.25) is 4.79 Å². The molecule has 0 saturated carbocycles. The van der Waals surface area contributed by atoms with E-state index in [0.717, 1.165) is 12.8 Å². The van der Waals surface area contributed by atoms with Crippen LogP contribution in [-0.4, -0.2) is 38.0 Å². The number of rotatable bonds is 8. The average Bonchev–Trinajstić information content (AvgIpc) is 2.71. The van der Waals surface area contributed by atoms with Crippen molar-refractivity contribution in [3.63, 3.8) is 0 Å². The highest BCUT2D eigenvalue weighted by molar-refractivity contribution is 5.95. The lowest BCUT2D eigenvalue weighted by molar-refractivity contribution is -0.174. The Morgan fingerprint density at radius 2 is 2.07 bits per heavy atom. The van der Waals surface area contributed by atoms with E-state index >= 15 is 0 Å². The Hall–Kier alpha value is -2.63. The molecule has 0 aliphatic carbocycles. The number of anilines is 1. The highest BCUT2D eigenvalue weighted by Crippen LogP contribution is 2.29. The van der Waals surface area contributed by atoms with E-state index in [4.69, 9.17) is 19.5 Å². The Morgan fingerprint density at radius 3 is 2.71 bits per heavy atom. The summed E-state index contributed by atoms with van der Waals surface area (Å²) in [5.41, 5.74) is -0.247. The van der Waals surface area contributed by atoms with Gasteiger partial charge in [0.25, 0.3) is 0 Å². The van der Waals surface area contributed by atoms with Gasteiger partial charge in [0.15, 0.2) is 0 Å². The number of carbonyl (C=O) groups is 2. The minimum atomic E-state index is -0.744. The molecular weight excluding hydrogens is 362 g/mol. The molecule has 1 saturated heterocycles. The number of unbranched alkanes of at least 4 members (excludes halogenated alkanes) is 1. The molecule has 8 heteroatoms. The predicted molar refractivity (Wildman–Crippen MR) is 103 cm³/mol. The summed E-state index contributed by atoms with van der Waals surface area (Å²) < 4.78 is 15.8. The Labute approximate surface area is 165 Å². The number of ether oxygens (including phenoxy) is 3. The molecule has 0 bridgehead atoms. The first-order chi connectivity index (χ1) is 13.5. The summed E-state index contributed by atoms with van der Waals surface area (Å²) in [6.07, 6.45) is 2.22. The molecule has 1 aromatic rings. The van der Waals surface area contributed by atoms with E-state index in [1.807, 2.05) is 19.9 Å². The fourth-order valence-electron chi connectivity index (χ4n) is 2.83. The summed E-state index contributed by atoms with van der Waals surface area (Å²) >= 11 is 0. The Bertz CT molecular complexity index is 710. The van der Waals surface area contributed by atoms with Gasteiger partial charge < -0.3 is 24.8 Å². The first kappa shape index (κ1) is 21.7. The summed E-state index contributed by atoms with van der Waals surface area (Å²) in [4.78, 5) is 24.7. The molecule has 1 aliphatic heterocycles. The molecule has 1 aliphatic rings. The van der Waals surface area contributed by atoms with Crippen LogP contribution in [0.5, 0.6) is 5.75 Å². The van der Waals surface area contributed by atoms with Crippen LogP contribution in [0.1, 0.15) is 39.5 Å². The van der Waals surface area contributed by atoms with Crippen molar-refractivity contribution in [3.8, 4) is 11.8 Å². The normalized spacial score (nSPS) is 16.5. The van der Waals surface area contributed by atoms with Crippen molar-refractivity contribution in [3.05, 3.63) is 24.3 Å². The molecule has 1 heterocycles. The molecule has 8 nitrogen and oxygen atoms in total. The molecule has 1 aromatic carbocycles. The first-order valence-corrected chi connectivity index (χ1v) is 9.48. The summed E-state index contributed by atoms with van der Waals surface area (Å²) in [6, 6.07) is 7.98. The molecule has 0 radical (unpaired) electrons. The van der Waals surface area contributed by atoms with E-state index in [1.54, 1.807) is 24.3 Å². The second-order valence-electron chi connectivity index (χ2n) is 6.79. The first-order valence-electron chi connectivity index (χ1n) is 9.48. The van der Waals surface area contributed by atoms with Gasteiger partial charge in [0.2, 0.25) is 5.91 Å². The van der Waals surface area contributed by atoms with Crippen molar-refractivity contribution in [1.82, 2.24) is 5.32 Å². The lowest BCUT2D eigenvalue weighted by atomic mass is 9.85. The molecule has 0 spiro atoms. The SMILES string of the molecule is CCCC[C@@H](C#N)NC(=O)Oc1cccc(NC(=O)C2(CC)COCOC2)c1. The third-order valence-corrected chi connectivity index (χ3v) is 4.68. The van der Waals surface area contributed by atoms with E-state index < -0.39 is 17.6 Å². The zero-order valence-electron chi connectivity index (χ0n) is 16.3. The van der Waals surface area contributed by atoms with Gasteiger partial charge in [0.1, 0.15) is 18.6 Å². The molecule has 0 unspecified atom stereocenters. The van der Waals surface area contributed by atoms with Gasteiger partial charge in [-0.05, 0) is 25.0 Å². The van der Waals surface area contributed by atoms with E-state index in [1.165, 1.54) is 0 Å². The number of amides is 2. The molecule has 2 rings (SSSR count). The summed E-state index contributed by atoms with van der Waals surface area (Å²) in [5.74, 6) is 0.0598. The van der Waals surface area contributed by atoms with E-state index in [0.29, 0.717) is 31.7 Å². The van der Waals surface area contributed by atoms with Gasteiger partial charge in [0, 0.05) is 11.8 Å². The van der Waals surface area contributed by atoms with Crippen LogP contribution in [0.15, 0.2) is 24.3 Å². The third-order valence-electron chi connectivity index (χ3n) is 4.68. The molecule has 2 amide bonds. The van der Waals surface area contributed by atoms with E-state index in [2.05, 4.69) is 10.6 Å². The number of carbonyl (C=O) groups excluding carboxylic acids is 2. The highest BCUT2D eigenvalue weighted by Gasteiger charge is 2.39. The number of hydrogen-bond acceptors (Lipinski definition) is 6. The maximum Gasteiger partial charge on any atom is 0.413 e. The number of hydrogen-bond donors (Lipinski definition) is 2. The van der Waals surface area contributed by atoms with E-state index in [-0.39, 0.29) is 18.4 Å². The zero-order valence-corrected chi connectivity index (χ0v) is 16.3. The third kappa shape index (κ3) is 5.94. The Balaban J connectivity index is 1.97. The standard InChI is InChI=1S/C20H27N3O5/c1-3-5-7-16(11-21)23-19(25)28-17-9-6-8-15(10-17)22-18(24)20(4-2)12-26-14-27-13-20/h6,8-10,16H,3-5,7,12-14H2,1-2H3,(H,22,24)(H,23,25)/t16-/m0/s1.